The van der Waals surface area contributed by atoms with Crippen molar-refractivity contribution < 1.29 is 0 Å². The highest BCUT2D eigenvalue weighted by molar-refractivity contribution is 9.09. The third-order valence-corrected chi connectivity index (χ3v) is 2.87. The number of hydrogen-bond donors (Lipinski definition) is 0. The summed E-state index contributed by atoms with van der Waals surface area (Å²) in [6.07, 6.45) is 3.77. The fourth-order valence-electron chi connectivity index (χ4n) is 1.47. The van der Waals surface area contributed by atoms with Gasteiger partial charge in [0.25, 0.3) is 0 Å². The minimum atomic E-state index is 0.413. The van der Waals surface area contributed by atoms with E-state index in [1.165, 1.54) is 11.1 Å². The smallest absolute Gasteiger partial charge is 0.0659 e. The first-order valence-electron chi connectivity index (χ1n) is 4.96. The van der Waals surface area contributed by atoms with E-state index >= 15 is 0 Å². The van der Waals surface area contributed by atoms with Gasteiger partial charge in [0.15, 0.2) is 0 Å². The number of benzene rings is 1. The summed E-state index contributed by atoms with van der Waals surface area (Å²) in [5.41, 5.74) is 2.58. The van der Waals surface area contributed by atoms with Crippen LogP contribution in [0.1, 0.15) is 22.9 Å². The second-order valence-electron chi connectivity index (χ2n) is 3.56. The van der Waals surface area contributed by atoms with E-state index < -0.39 is 0 Å². The number of alkyl halides is 1. The Morgan fingerprint density at radius 2 is 2.07 bits per heavy atom. The lowest BCUT2D eigenvalue weighted by Gasteiger charge is -2.05. The lowest BCUT2D eigenvalue weighted by molar-refractivity contribution is 0.686. The maximum Gasteiger partial charge on any atom is 0.0659 e. The van der Waals surface area contributed by atoms with Crippen molar-refractivity contribution >= 4 is 15.9 Å². The van der Waals surface area contributed by atoms with Gasteiger partial charge in [-0.3, -0.25) is 4.68 Å². The van der Waals surface area contributed by atoms with E-state index in [9.17, 15) is 0 Å². The van der Waals surface area contributed by atoms with E-state index in [2.05, 4.69) is 52.2 Å². The Balaban J connectivity index is 2.11. The predicted molar refractivity (Wildman–Crippen MR) is 65.1 cm³/mol. The topological polar surface area (TPSA) is 17.8 Å². The van der Waals surface area contributed by atoms with E-state index in [1.54, 1.807) is 6.20 Å². The molecule has 0 fully saturated rings. The highest BCUT2D eigenvalue weighted by Gasteiger charge is 2.00. The van der Waals surface area contributed by atoms with E-state index in [1.807, 2.05) is 16.9 Å². The lowest BCUT2D eigenvalue weighted by Crippen LogP contribution is -1.99. The molecule has 0 radical (unpaired) electrons. The highest BCUT2D eigenvalue weighted by atomic mass is 79.9. The molecule has 78 valence electrons. The third kappa shape index (κ3) is 2.69. The normalized spacial score (nSPS) is 12.7. The first-order chi connectivity index (χ1) is 7.25. The van der Waals surface area contributed by atoms with Crippen LogP contribution in [0.5, 0.6) is 0 Å². The number of aromatic nitrogens is 2. The second-order valence-corrected chi connectivity index (χ2v) is 4.93. The van der Waals surface area contributed by atoms with Crippen molar-refractivity contribution in [2.45, 2.75) is 18.3 Å². The van der Waals surface area contributed by atoms with E-state index in [0.717, 1.165) is 6.54 Å². The van der Waals surface area contributed by atoms with Gasteiger partial charge in [-0.25, -0.2) is 0 Å². The molecule has 15 heavy (non-hydrogen) atoms. The molecule has 0 N–H and O–H groups in total. The van der Waals surface area contributed by atoms with Gasteiger partial charge in [0.1, 0.15) is 0 Å². The van der Waals surface area contributed by atoms with Crippen LogP contribution in [0.4, 0.5) is 0 Å². The Labute approximate surface area is 98.1 Å². The van der Waals surface area contributed by atoms with Gasteiger partial charge in [0, 0.05) is 17.2 Å². The van der Waals surface area contributed by atoms with Gasteiger partial charge in [0.05, 0.1) is 6.54 Å². The van der Waals surface area contributed by atoms with Gasteiger partial charge in [-0.05, 0) is 24.1 Å². The van der Waals surface area contributed by atoms with Crippen molar-refractivity contribution in [3.8, 4) is 0 Å². The number of nitrogens with zero attached hydrogens (tertiary/aromatic N) is 2. The molecule has 0 spiro atoms. The molecule has 0 amide bonds. The zero-order valence-corrected chi connectivity index (χ0v) is 10.2. The van der Waals surface area contributed by atoms with E-state index in [-0.39, 0.29) is 0 Å². The minimum absolute atomic E-state index is 0.413. The van der Waals surface area contributed by atoms with Crippen molar-refractivity contribution in [3.05, 3.63) is 53.9 Å². The van der Waals surface area contributed by atoms with Crippen LogP contribution in [0.15, 0.2) is 42.7 Å². The molecule has 1 aromatic carbocycles. The monoisotopic (exact) mass is 264 g/mol. The summed E-state index contributed by atoms with van der Waals surface area (Å²) in [4.78, 5) is 0.413. The third-order valence-electron chi connectivity index (χ3n) is 2.34. The van der Waals surface area contributed by atoms with Crippen LogP contribution >= 0.6 is 15.9 Å². The van der Waals surface area contributed by atoms with Crippen LogP contribution in [0.3, 0.4) is 0 Å². The minimum Gasteiger partial charge on any atom is -0.268 e. The van der Waals surface area contributed by atoms with Gasteiger partial charge in [-0.15, -0.1) is 0 Å². The van der Waals surface area contributed by atoms with Crippen LogP contribution in [0.25, 0.3) is 0 Å². The largest absolute Gasteiger partial charge is 0.268 e. The molecule has 0 aliphatic heterocycles. The molecular weight excluding hydrogens is 252 g/mol. The maximum absolute atomic E-state index is 4.18. The SMILES string of the molecule is CC(Br)c1ccc(Cn2cccn2)cc1. The van der Waals surface area contributed by atoms with Crippen molar-refractivity contribution in [1.29, 1.82) is 0 Å². The fraction of sp³-hybridized carbons (Fsp3) is 0.250. The Hall–Kier alpha value is -1.09. The summed E-state index contributed by atoms with van der Waals surface area (Å²) in [5.74, 6) is 0. The van der Waals surface area contributed by atoms with Crippen molar-refractivity contribution in [2.24, 2.45) is 0 Å². The molecule has 1 unspecified atom stereocenters. The van der Waals surface area contributed by atoms with Crippen molar-refractivity contribution in [2.75, 3.05) is 0 Å². The quantitative estimate of drug-likeness (QED) is 0.778. The molecule has 1 atom stereocenters. The molecule has 2 aromatic rings. The van der Waals surface area contributed by atoms with Crippen LogP contribution < -0.4 is 0 Å². The molecule has 0 bridgehead atoms. The molecule has 2 rings (SSSR count). The number of hydrogen-bond acceptors (Lipinski definition) is 1. The molecule has 1 heterocycles. The summed E-state index contributed by atoms with van der Waals surface area (Å²) in [5, 5.41) is 4.18. The summed E-state index contributed by atoms with van der Waals surface area (Å²) >= 11 is 3.55. The predicted octanol–water partition coefficient (Wildman–Crippen LogP) is 3.39. The Morgan fingerprint density at radius 3 is 2.60 bits per heavy atom. The second kappa shape index (κ2) is 4.62. The zero-order valence-electron chi connectivity index (χ0n) is 8.60. The van der Waals surface area contributed by atoms with Gasteiger partial charge in [-0.1, -0.05) is 40.2 Å². The fourth-order valence-corrected chi connectivity index (χ4v) is 1.77. The van der Waals surface area contributed by atoms with E-state index in [4.69, 9.17) is 0 Å². The van der Waals surface area contributed by atoms with Crippen LogP contribution in [0.2, 0.25) is 0 Å². The zero-order chi connectivity index (χ0) is 10.7. The molecule has 0 saturated carbocycles. The lowest BCUT2D eigenvalue weighted by atomic mass is 10.1. The summed E-state index contributed by atoms with van der Waals surface area (Å²) in [7, 11) is 0. The molecule has 0 aliphatic carbocycles. The Morgan fingerprint density at radius 1 is 1.33 bits per heavy atom. The van der Waals surface area contributed by atoms with Gasteiger partial charge in [0.2, 0.25) is 0 Å². The highest BCUT2D eigenvalue weighted by Crippen LogP contribution is 2.21. The first kappa shape index (κ1) is 10.4. The van der Waals surface area contributed by atoms with Crippen molar-refractivity contribution in [3.63, 3.8) is 0 Å². The molecule has 3 heteroatoms. The number of rotatable bonds is 3. The van der Waals surface area contributed by atoms with Crippen LogP contribution in [0, 0.1) is 0 Å². The van der Waals surface area contributed by atoms with Gasteiger partial charge in [-0.2, -0.15) is 5.10 Å². The Kier molecular flexibility index (Phi) is 3.21. The average molecular weight is 265 g/mol. The molecular formula is C12H13BrN2. The Bertz CT molecular complexity index is 404. The molecule has 1 aromatic heterocycles. The molecule has 0 aliphatic rings. The summed E-state index contributed by atoms with van der Waals surface area (Å²) < 4.78 is 1.92. The van der Waals surface area contributed by atoms with Gasteiger partial charge >= 0.3 is 0 Å². The standard InChI is InChI=1S/C12H13BrN2/c1-10(13)12-5-3-11(4-6-12)9-15-8-2-7-14-15/h2-8,10H,9H2,1H3. The van der Waals surface area contributed by atoms with Crippen molar-refractivity contribution in [1.82, 2.24) is 9.78 Å². The molecule has 2 nitrogen and oxygen atoms in total. The number of halogens is 1. The first-order valence-corrected chi connectivity index (χ1v) is 5.87. The average Bonchev–Trinajstić information content (AvgIpc) is 2.71. The summed E-state index contributed by atoms with van der Waals surface area (Å²) in [6.45, 7) is 2.96. The molecule has 0 saturated heterocycles. The van der Waals surface area contributed by atoms with Crippen LogP contribution in [-0.2, 0) is 6.54 Å². The van der Waals surface area contributed by atoms with E-state index in [0.29, 0.717) is 4.83 Å². The van der Waals surface area contributed by atoms with Gasteiger partial charge < -0.3 is 0 Å². The maximum atomic E-state index is 4.18. The van der Waals surface area contributed by atoms with Crippen LogP contribution in [-0.4, -0.2) is 9.78 Å². The summed E-state index contributed by atoms with van der Waals surface area (Å²) in [6, 6.07) is 10.5.